The second-order valence-electron chi connectivity index (χ2n) is 6.56. The number of anilines is 2. The van der Waals surface area contributed by atoms with Gasteiger partial charge in [-0.15, -0.1) is 0 Å². The zero-order chi connectivity index (χ0) is 20.0. The van der Waals surface area contributed by atoms with Crippen LogP contribution in [0.2, 0.25) is 0 Å². The highest BCUT2D eigenvalue weighted by atomic mass is 16.2. The van der Waals surface area contributed by atoms with Gasteiger partial charge >= 0.3 is 0 Å². The van der Waals surface area contributed by atoms with Crippen LogP contribution in [0, 0.1) is 0 Å². The number of carbonyl (C=O) groups excluding carboxylic acids is 4. The maximum Gasteiger partial charge on any atom is 0.231 e. The molecule has 28 heavy (non-hydrogen) atoms. The first kappa shape index (κ1) is 17.9. The standard InChI is InChI=1S/C22H18N2O4/c1-3-17(25)23-15-11-7-5-9-13(15)21(27)19(23)20-22(28)14-10-6-8-12-16(14)24(20)18(26)4-2/h5-12H,3-4H2,1-2H3. The molecule has 0 bridgehead atoms. The summed E-state index contributed by atoms with van der Waals surface area (Å²) in [4.78, 5) is 54.5. The number of carbonyl (C=O) groups is 4. The quantitative estimate of drug-likeness (QED) is 0.755. The van der Waals surface area contributed by atoms with Gasteiger partial charge in [0.15, 0.2) is 0 Å². The van der Waals surface area contributed by atoms with Crippen LogP contribution < -0.4 is 9.80 Å². The molecule has 140 valence electrons. The SMILES string of the molecule is CCC(=O)N1C(=C2C(=O)c3ccccc3N2C(=O)CC)C(=O)c2ccccc21. The number of Topliss-reactive ketones (excluding diaryl/α,β-unsaturated/α-hetero) is 2. The van der Waals surface area contributed by atoms with Crippen molar-refractivity contribution in [3.8, 4) is 0 Å². The molecule has 0 unspecified atom stereocenters. The van der Waals surface area contributed by atoms with E-state index in [9.17, 15) is 19.2 Å². The molecule has 2 aromatic rings. The van der Waals surface area contributed by atoms with Gasteiger partial charge in [0.05, 0.1) is 11.4 Å². The largest absolute Gasteiger partial charge is 0.287 e. The highest BCUT2D eigenvalue weighted by Crippen LogP contribution is 2.42. The van der Waals surface area contributed by atoms with Gasteiger partial charge in [-0.05, 0) is 24.3 Å². The molecule has 2 aliphatic heterocycles. The maximum absolute atomic E-state index is 13.2. The molecule has 6 nitrogen and oxygen atoms in total. The van der Waals surface area contributed by atoms with Crippen LogP contribution in [0.1, 0.15) is 47.4 Å². The molecule has 2 amide bonds. The third-order valence-corrected chi connectivity index (χ3v) is 4.98. The van der Waals surface area contributed by atoms with Crippen molar-refractivity contribution in [3.05, 3.63) is 71.1 Å². The van der Waals surface area contributed by atoms with E-state index in [1.54, 1.807) is 62.4 Å². The Labute approximate surface area is 162 Å². The number of benzene rings is 2. The van der Waals surface area contributed by atoms with Gasteiger partial charge in [-0.3, -0.25) is 29.0 Å². The Morgan fingerprint density at radius 1 is 0.679 bits per heavy atom. The van der Waals surface area contributed by atoms with Crippen molar-refractivity contribution >= 4 is 34.8 Å². The molecule has 6 heteroatoms. The van der Waals surface area contributed by atoms with E-state index in [0.717, 1.165) is 0 Å². The van der Waals surface area contributed by atoms with E-state index in [1.165, 1.54) is 9.80 Å². The zero-order valence-corrected chi connectivity index (χ0v) is 15.6. The minimum Gasteiger partial charge on any atom is -0.287 e. The molecule has 4 rings (SSSR count). The molecule has 0 saturated carbocycles. The first-order valence-corrected chi connectivity index (χ1v) is 9.18. The highest BCUT2D eigenvalue weighted by molar-refractivity contribution is 6.33. The second kappa shape index (κ2) is 6.56. The molecule has 2 aromatic carbocycles. The van der Waals surface area contributed by atoms with Crippen LogP contribution in [-0.2, 0) is 9.59 Å². The average Bonchev–Trinajstić information content (AvgIpc) is 3.18. The lowest BCUT2D eigenvalue weighted by Gasteiger charge is -2.23. The lowest BCUT2D eigenvalue weighted by atomic mass is 10.1. The second-order valence-corrected chi connectivity index (χ2v) is 6.56. The third kappa shape index (κ3) is 2.34. The number of hydrogen-bond acceptors (Lipinski definition) is 4. The minimum atomic E-state index is -0.428. The number of para-hydroxylation sites is 2. The number of fused-ring (bicyclic) bond motifs is 2. The molecule has 0 saturated heterocycles. The van der Waals surface area contributed by atoms with Gasteiger partial charge in [-0.25, -0.2) is 0 Å². The van der Waals surface area contributed by atoms with Gasteiger partial charge in [0.1, 0.15) is 11.4 Å². The van der Waals surface area contributed by atoms with Crippen LogP contribution >= 0.6 is 0 Å². The molecule has 2 aliphatic rings. The fourth-order valence-electron chi connectivity index (χ4n) is 3.68. The van der Waals surface area contributed by atoms with Gasteiger partial charge < -0.3 is 0 Å². The molecule has 0 atom stereocenters. The lowest BCUT2D eigenvalue weighted by Crippen LogP contribution is -2.36. The Morgan fingerprint density at radius 3 is 1.39 bits per heavy atom. The smallest absolute Gasteiger partial charge is 0.231 e. The number of ketones is 2. The van der Waals surface area contributed by atoms with Crippen LogP contribution in [0.5, 0.6) is 0 Å². The monoisotopic (exact) mass is 374 g/mol. The van der Waals surface area contributed by atoms with Crippen molar-refractivity contribution in [1.82, 2.24) is 0 Å². The Kier molecular flexibility index (Phi) is 4.19. The summed E-state index contributed by atoms with van der Waals surface area (Å²) in [5, 5.41) is 0. The van der Waals surface area contributed by atoms with Crippen molar-refractivity contribution in [2.45, 2.75) is 26.7 Å². The van der Waals surface area contributed by atoms with Crippen LogP contribution in [-0.4, -0.2) is 23.4 Å². The molecule has 0 radical (unpaired) electrons. The third-order valence-electron chi connectivity index (χ3n) is 4.98. The Bertz CT molecular complexity index is 998. The summed E-state index contributed by atoms with van der Waals surface area (Å²) in [7, 11) is 0. The van der Waals surface area contributed by atoms with Crippen LogP contribution in [0.25, 0.3) is 0 Å². The predicted molar refractivity (Wildman–Crippen MR) is 104 cm³/mol. The fraction of sp³-hybridized carbons (Fsp3) is 0.182. The maximum atomic E-state index is 13.2. The lowest BCUT2D eigenvalue weighted by molar-refractivity contribution is -0.118. The summed E-state index contributed by atoms with van der Waals surface area (Å²) in [6.07, 6.45) is 0.308. The summed E-state index contributed by atoms with van der Waals surface area (Å²) in [5.41, 5.74) is 1.48. The van der Waals surface area contributed by atoms with Crippen molar-refractivity contribution in [1.29, 1.82) is 0 Å². The van der Waals surface area contributed by atoms with E-state index in [4.69, 9.17) is 0 Å². The Hall–Kier alpha value is -3.54. The van der Waals surface area contributed by atoms with Crippen LogP contribution in [0.15, 0.2) is 59.9 Å². The highest BCUT2D eigenvalue weighted by Gasteiger charge is 2.45. The van der Waals surface area contributed by atoms with E-state index in [-0.39, 0.29) is 36.1 Å². The summed E-state index contributed by atoms with van der Waals surface area (Å²) < 4.78 is 0. The molecule has 0 aromatic heterocycles. The van der Waals surface area contributed by atoms with E-state index in [2.05, 4.69) is 0 Å². The predicted octanol–water partition coefficient (Wildman–Crippen LogP) is 3.48. The van der Waals surface area contributed by atoms with E-state index in [0.29, 0.717) is 22.5 Å². The number of amides is 2. The van der Waals surface area contributed by atoms with Crippen LogP contribution in [0.4, 0.5) is 11.4 Å². The van der Waals surface area contributed by atoms with Crippen molar-refractivity contribution in [2.75, 3.05) is 9.80 Å². The molecule has 0 N–H and O–H groups in total. The molecule has 0 aliphatic carbocycles. The zero-order valence-electron chi connectivity index (χ0n) is 15.6. The first-order valence-electron chi connectivity index (χ1n) is 9.18. The van der Waals surface area contributed by atoms with Gasteiger partial charge in [0.25, 0.3) is 0 Å². The van der Waals surface area contributed by atoms with Gasteiger partial charge in [0, 0.05) is 24.0 Å². The minimum absolute atomic E-state index is 0.0453. The van der Waals surface area contributed by atoms with Crippen molar-refractivity contribution < 1.29 is 19.2 Å². The van der Waals surface area contributed by atoms with Crippen molar-refractivity contribution in [3.63, 3.8) is 0 Å². The van der Waals surface area contributed by atoms with E-state index < -0.39 is 11.6 Å². The van der Waals surface area contributed by atoms with E-state index in [1.807, 2.05) is 0 Å². The fourth-order valence-corrected chi connectivity index (χ4v) is 3.68. The Balaban J connectivity index is 2.03. The topological polar surface area (TPSA) is 74.8 Å². The molecule has 2 heterocycles. The number of rotatable bonds is 2. The average molecular weight is 374 g/mol. The molecule has 0 fully saturated rings. The molecular weight excluding hydrogens is 356 g/mol. The normalized spacial score (nSPS) is 17.8. The van der Waals surface area contributed by atoms with Gasteiger partial charge in [-0.1, -0.05) is 38.1 Å². The van der Waals surface area contributed by atoms with Gasteiger partial charge in [0.2, 0.25) is 23.4 Å². The molecular formula is C22H18N2O4. The van der Waals surface area contributed by atoms with Crippen LogP contribution in [0.3, 0.4) is 0 Å². The van der Waals surface area contributed by atoms with E-state index >= 15 is 0 Å². The summed E-state index contributed by atoms with van der Waals surface area (Å²) in [6, 6.07) is 13.5. The Morgan fingerprint density at radius 2 is 1.04 bits per heavy atom. The first-order chi connectivity index (χ1) is 13.5. The summed E-state index contributed by atoms with van der Waals surface area (Å²) in [6.45, 7) is 3.38. The summed E-state index contributed by atoms with van der Waals surface area (Å²) in [5.74, 6) is -1.48. The number of nitrogens with zero attached hydrogens (tertiary/aromatic N) is 2. The molecule has 0 spiro atoms. The summed E-state index contributed by atoms with van der Waals surface area (Å²) >= 11 is 0. The van der Waals surface area contributed by atoms with Gasteiger partial charge in [-0.2, -0.15) is 0 Å². The number of allylic oxidation sites excluding steroid dienone is 2. The number of hydrogen-bond donors (Lipinski definition) is 0. The van der Waals surface area contributed by atoms with Crippen molar-refractivity contribution in [2.24, 2.45) is 0 Å².